The average Bonchev–Trinajstić information content (AvgIpc) is 2.37. The number of aliphatic hydroxyl groups excluding tert-OH is 1. The van der Waals surface area contributed by atoms with Crippen LogP contribution >= 0.6 is 0 Å². The van der Waals surface area contributed by atoms with Gasteiger partial charge in [0.1, 0.15) is 5.82 Å². The highest BCUT2D eigenvalue weighted by Crippen LogP contribution is 2.38. The van der Waals surface area contributed by atoms with Crippen LogP contribution in [0, 0.1) is 11.2 Å². The zero-order valence-electron chi connectivity index (χ0n) is 12.1. The second kappa shape index (κ2) is 5.49. The van der Waals surface area contributed by atoms with Crippen LogP contribution < -0.4 is 4.90 Å². The molecule has 1 saturated carbocycles. The Kier molecular flexibility index (Phi) is 4.14. The Bertz CT molecular complexity index is 434. The highest BCUT2D eigenvalue weighted by molar-refractivity contribution is 5.53. The molecule has 19 heavy (non-hydrogen) atoms. The highest BCUT2D eigenvalue weighted by atomic mass is 19.1. The van der Waals surface area contributed by atoms with Gasteiger partial charge < -0.3 is 10.0 Å². The van der Waals surface area contributed by atoms with Crippen molar-refractivity contribution in [3.05, 3.63) is 29.6 Å². The van der Waals surface area contributed by atoms with Crippen molar-refractivity contribution in [1.29, 1.82) is 0 Å². The molecule has 0 bridgehead atoms. The van der Waals surface area contributed by atoms with Gasteiger partial charge in [-0.25, -0.2) is 4.39 Å². The minimum Gasteiger partial charge on any atom is -0.392 e. The molecule has 0 amide bonds. The molecule has 0 radical (unpaired) electrons. The second-order valence-electron chi connectivity index (χ2n) is 6.44. The molecule has 1 fully saturated rings. The summed E-state index contributed by atoms with van der Waals surface area (Å²) in [4.78, 5) is 2.21. The fraction of sp³-hybridized carbons (Fsp3) is 0.625. The number of rotatable bonds is 3. The lowest BCUT2D eigenvalue weighted by atomic mass is 9.75. The van der Waals surface area contributed by atoms with Crippen LogP contribution in [0.2, 0.25) is 0 Å². The van der Waals surface area contributed by atoms with E-state index in [1.807, 2.05) is 0 Å². The van der Waals surface area contributed by atoms with E-state index in [1.165, 1.54) is 25.0 Å². The molecule has 1 aromatic rings. The summed E-state index contributed by atoms with van der Waals surface area (Å²) >= 11 is 0. The molecular weight excluding hydrogens is 241 g/mol. The largest absolute Gasteiger partial charge is 0.392 e. The van der Waals surface area contributed by atoms with Gasteiger partial charge in [-0.05, 0) is 49.3 Å². The molecule has 0 atom stereocenters. The van der Waals surface area contributed by atoms with Gasteiger partial charge in [0.05, 0.1) is 6.61 Å². The topological polar surface area (TPSA) is 23.5 Å². The van der Waals surface area contributed by atoms with Crippen molar-refractivity contribution in [2.24, 2.45) is 5.41 Å². The summed E-state index contributed by atoms with van der Waals surface area (Å²) in [5.41, 5.74) is 2.07. The summed E-state index contributed by atoms with van der Waals surface area (Å²) in [7, 11) is 2.05. The van der Waals surface area contributed by atoms with E-state index in [1.54, 1.807) is 6.07 Å². The van der Waals surface area contributed by atoms with Crippen molar-refractivity contribution in [1.82, 2.24) is 0 Å². The van der Waals surface area contributed by atoms with Gasteiger partial charge in [0, 0.05) is 24.3 Å². The third-order valence-corrected chi connectivity index (χ3v) is 4.45. The molecule has 1 aromatic carbocycles. The Hall–Kier alpha value is -1.09. The number of hydrogen-bond donors (Lipinski definition) is 1. The van der Waals surface area contributed by atoms with E-state index in [4.69, 9.17) is 0 Å². The molecule has 0 saturated heterocycles. The molecule has 1 N–H and O–H groups in total. The zero-order valence-corrected chi connectivity index (χ0v) is 12.1. The van der Waals surface area contributed by atoms with Gasteiger partial charge in [-0.15, -0.1) is 0 Å². The maximum Gasteiger partial charge on any atom is 0.123 e. The van der Waals surface area contributed by atoms with Crippen molar-refractivity contribution in [3.63, 3.8) is 0 Å². The van der Waals surface area contributed by atoms with Crippen molar-refractivity contribution in [2.45, 2.75) is 52.2 Å². The lowest BCUT2D eigenvalue weighted by molar-refractivity contribution is 0.222. The predicted molar refractivity (Wildman–Crippen MR) is 76.8 cm³/mol. The lowest BCUT2D eigenvalue weighted by Gasteiger charge is -2.40. The minimum absolute atomic E-state index is 0.115. The monoisotopic (exact) mass is 265 g/mol. The number of benzene rings is 1. The van der Waals surface area contributed by atoms with E-state index in [2.05, 4.69) is 25.8 Å². The molecule has 0 heterocycles. The summed E-state index contributed by atoms with van der Waals surface area (Å²) in [6.45, 7) is 4.52. The first-order valence-electron chi connectivity index (χ1n) is 7.05. The van der Waals surface area contributed by atoms with E-state index >= 15 is 0 Å². The third-order valence-electron chi connectivity index (χ3n) is 4.45. The van der Waals surface area contributed by atoms with Crippen LogP contribution in [0.5, 0.6) is 0 Å². The first-order chi connectivity index (χ1) is 8.93. The number of nitrogens with zero attached hydrogens (tertiary/aromatic N) is 1. The van der Waals surface area contributed by atoms with E-state index in [0.29, 0.717) is 17.0 Å². The van der Waals surface area contributed by atoms with Gasteiger partial charge in [-0.3, -0.25) is 0 Å². The summed E-state index contributed by atoms with van der Waals surface area (Å²) in [6.07, 6.45) is 4.76. The van der Waals surface area contributed by atoms with E-state index in [9.17, 15) is 9.50 Å². The SMILES string of the molecule is CN(c1ccc(F)cc1CO)C1CCC(C)(C)CC1. The fourth-order valence-electron chi connectivity index (χ4n) is 2.99. The van der Waals surface area contributed by atoms with Crippen molar-refractivity contribution in [2.75, 3.05) is 11.9 Å². The smallest absolute Gasteiger partial charge is 0.123 e. The summed E-state index contributed by atoms with van der Waals surface area (Å²) in [5, 5.41) is 9.38. The van der Waals surface area contributed by atoms with Gasteiger partial charge in [0.15, 0.2) is 0 Å². The fourth-order valence-corrected chi connectivity index (χ4v) is 2.99. The first kappa shape index (κ1) is 14.3. The highest BCUT2D eigenvalue weighted by Gasteiger charge is 2.29. The van der Waals surface area contributed by atoms with E-state index in [-0.39, 0.29) is 12.4 Å². The Morgan fingerprint density at radius 3 is 2.53 bits per heavy atom. The van der Waals surface area contributed by atoms with Gasteiger partial charge in [-0.2, -0.15) is 0 Å². The summed E-state index contributed by atoms with van der Waals surface area (Å²) in [6, 6.07) is 5.17. The normalized spacial score (nSPS) is 19.4. The molecule has 2 nitrogen and oxygen atoms in total. The summed E-state index contributed by atoms with van der Waals surface area (Å²) < 4.78 is 13.2. The van der Waals surface area contributed by atoms with Crippen molar-refractivity contribution >= 4 is 5.69 Å². The molecule has 0 unspecified atom stereocenters. The lowest BCUT2D eigenvalue weighted by Crippen LogP contribution is -2.37. The van der Waals surface area contributed by atoms with Crippen molar-refractivity contribution < 1.29 is 9.50 Å². The molecule has 1 aliphatic carbocycles. The van der Waals surface area contributed by atoms with Crippen LogP contribution in [-0.4, -0.2) is 18.2 Å². The van der Waals surface area contributed by atoms with Crippen LogP contribution in [-0.2, 0) is 6.61 Å². The molecular formula is C16H24FNO. The van der Waals surface area contributed by atoms with Gasteiger partial charge in [-0.1, -0.05) is 13.8 Å². The molecule has 0 spiro atoms. The standard InChI is InChI=1S/C16H24FNO/c1-16(2)8-6-14(7-9-16)18(3)15-5-4-13(17)10-12(15)11-19/h4-5,10,14,19H,6-9,11H2,1-3H3. The first-order valence-corrected chi connectivity index (χ1v) is 7.05. The third kappa shape index (κ3) is 3.27. The molecule has 1 aliphatic rings. The van der Waals surface area contributed by atoms with Gasteiger partial charge >= 0.3 is 0 Å². The average molecular weight is 265 g/mol. The second-order valence-corrected chi connectivity index (χ2v) is 6.44. The quantitative estimate of drug-likeness (QED) is 0.900. The summed E-state index contributed by atoms with van der Waals surface area (Å²) in [5.74, 6) is -0.286. The number of aliphatic hydroxyl groups is 1. The maximum atomic E-state index is 13.2. The van der Waals surface area contributed by atoms with Crippen LogP contribution in [0.25, 0.3) is 0 Å². The Morgan fingerprint density at radius 2 is 1.95 bits per heavy atom. The number of anilines is 1. The number of hydrogen-bond acceptors (Lipinski definition) is 2. The van der Waals surface area contributed by atoms with Crippen LogP contribution in [0.3, 0.4) is 0 Å². The number of halogens is 1. The molecule has 106 valence electrons. The maximum absolute atomic E-state index is 13.2. The molecule has 0 aromatic heterocycles. The Morgan fingerprint density at radius 1 is 1.32 bits per heavy atom. The van der Waals surface area contributed by atoms with Crippen molar-refractivity contribution in [3.8, 4) is 0 Å². The Balaban J connectivity index is 2.14. The van der Waals surface area contributed by atoms with Crippen LogP contribution in [0.1, 0.15) is 45.1 Å². The Labute approximate surface area is 115 Å². The van der Waals surface area contributed by atoms with Gasteiger partial charge in [0.25, 0.3) is 0 Å². The predicted octanol–water partition coefficient (Wildman–Crippen LogP) is 3.72. The molecule has 0 aliphatic heterocycles. The minimum atomic E-state index is -0.286. The van der Waals surface area contributed by atoms with E-state index < -0.39 is 0 Å². The van der Waals surface area contributed by atoms with E-state index in [0.717, 1.165) is 18.5 Å². The zero-order chi connectivity index (χ0) is 14.0. The molecule has 3 heteroatoms. The van der Waals surface area contributed by atoms with Crippen LogP contribution in [0.15, 0.2) is 18.2 Å². The molecule has 2 rings (SSSR count). The van der Waals surface area contributed by atoms with Gasteiger partial charge in [0.2, 0.25) is 0 Å². The van der Waals surface area contributed by atoms with Crippen LogP contribution in [0.4, 0.5) is 10.1 Å².